The third-order valence-corrected chi connectivity index (χ3v) is 6.08. The number of para-hydroxylation sites is 1. The normalized spacial score (nSPS) is 16.4. The van der Waals surface area contributed by atoms with E-state index in [1.807, 2.05) is 12.1 Å². The molecule has 1 aliphatic heterocycles. The van der Waals surface area contributed by atoms with Gasteiger partial charge in [0.1, 0.15) is 11.3 Å². The fourth-order valence-corrected chi connectivity index (χ4v) is 4.47. The van der Waals surface area contributed by atoms with E-state index in [9.17, 15) is 4.79 Å². The molecule has 2 heterocycles. The Morgan fingerprint density at radius 1 is 1.25 bits per heavy atom. The molecule has 1 unspecified atom stereocenters. The van der Waals surface area contributed by atoms with Crippen LogP contribution in [0.1, 0.15) is 12.8 Å². The molecule has 1 fully saturated rings. The number of rotatable bonds is 6. The maximum Gasteiger partial charge on any atom is 0.266 e. The van der Waals surface area contributed by atoms with E-state index in [2.05, 4.69) is 4.98 Å². The number of ether oxygens (including phenoxy) is 2. The molecule has 8 heteroatoms. The summed E-state index contributed by atoms with van der Waals surface area (Å²) in [5, 5.41) is 1.79. The number of nitrogens with zero attached hydrogens (tertiary/aromatic N) is 2. The predicted molar refractivity (Wildman–Crippen MR) is 113 cm³/mol. The highest BCUT2D eigenvalue weighted by molar-refractivity contribution is 7.22. The van der Waals surface area contributed by atoms with Crippen molar-refractivity contribution in [1.82, 2.24) is 4.98 Å². The minimum atomic E-state index is -0.180. The lowest BCUT2D eigenvalue weighted by Crippen LogP contribution is -2.40. The summed E-state index contributed by atoms with van der Waals surface area (Å²) < 4.78 is 12.3. The van der Waals surface area contributed by atoms with Gasteiger partial charge in [-0.25, -0.2) is 4.98 Å². The van der Waals surface area contributed by atoms with Crippen LogP contribution in [0.2, 0.25) is 10.0 Å². The molecule has 2 aromatic carbocycles. The number of carbonyl (C=O) groups is 1. The zero-order valence-electron chi connectivity index (χ0n) is 14.9. The number of thiazole rings is 1. The fourth-order valence-electron chi connectivity index (χ4n) is 3.05. The second-order valence-electron chi connectivity index (χ2n) is 6.46. The van der Waals surface area contributed by atoms with Crippen molar-refractivity contribution in [2.24, 2.45) is 0 Å². The van der Waals surface area contributed by atoms with Gasteiger partial charge in [0, 0.05) is 11.6 Å². The lowest BCUT2D eigenvalue weighted by Gasteiger charge is -2.23. The number of halogens is 2. The van der Waals surface area contributed by atoms with E-state index in [1.165, 1.54) is 11.3 Å². The van der Waals surface area contributed by atoms with Crippen molar-refractivity contribution in [2.75, 3.05) is 24.7 Å². The van der Waals surface area contributed by atoms with E-state index in [1.54, 1.807) is 35.2 Å². The third kappa shape index (κ3) is 4.41. The number of carbonyl (C=O) groups excluding carboxylic acids is 1. The Hall–Kier alpha value is -1.86. The van der Waals surface area contributed by atoms with E-state index in [4.69, 9.17) is 32.7 Å². The number of fused-ring (bicyclic) bond motifs is 1. The molecular weight excluding hydrogens is 419 g/mol. The fraction of sp³-hybridized carbons (Fsp3) is 0.300. The molecule has 0 bridgehead atoms. The maximum absolute atomic E-state index is 13.0. The Morgan fingerprint density at radius 3 is 2.79 bits per heavy atom. The molecule has 1 aromatic heterocycles. The average Bonchev–Trinajstić information content (AvgIpc) is 3.35. The number of hydrogen-bond acceptors (Lipinski definition) is 5. The Morgan fingerprint density at radius 2 is 2.07 bits per heavy atom. The van der Waals surface area contributed by atoms with Crippen LogP contribution in [0.25, 0.3) is 10.2 Å². The molecule has 146 valence electrons. The number of aromatic nitrogens is 1. The van der Waals surface area contributed by atoms with Gasteiger partial charge in [0.05, 0.1) is 22.4 Å². The largest absolute Gasteiger partial charge is 0.484 e. The minimum absolute atomic E-state index is 0.00182. The first-order valence-corrected chi connectivity index (χ1v) is 10.5. The summed E-state index contributed by atoms with van der Waals surface area (Å²) in [7, 11) is 0. The Kier molecular flexibility index (Phi) is 6.01. The SMILES string of the molecule is O=C(COc1ccc(Cl)cc1)N(CC1CCCO1)c1nc2c(Cl)cccc2s1. The maximum atomic E-state index is 13.0. The van der Waals surface area contributed by atoms with Crippen LogP contribution in [0.3, 0.4) is 0 Å². The zero-order chi connectivity index (χ0) is 19.5. The molecule has 0 spiro atoms. The summed E-state index contributed by atoms with van der Waals surface area (Å²) in [6.07, 6.45) is 1.93. The minimum Gasteiger partial charge on any atom is -0.484 e. The quantitative estimate of drug-likeness (QED) is 0.532. The first-order chi connectivity index (χ1) is 13.6. The van der Waals surface area contributed by atoms with E-state index in [0.717, 1.165) is 24.1 Å². The number of amides is 1. The molecule has 1 atom stereocenters. The number of hydrogen-bond donors (Lipinski definition) is 0. The van der Waals surface area contributed by atoms with Crippen LogP contribution in [-0.2, 0) is 9.53 Å². The van der Waals surface area contributed by atoms with E-state index in [0.29, 0.717) is 33.0 Å². The second kappa shape index (κ2) is 8.66. The Labute approximate surface area is 176 Å². The standard InChI is InChI=1S/C20H18Cl2N2O3S/c21-13-6-8-14(9-7-13)27-12-18(25)24(11-15-3-2-10-26-15)20-23-19-16(22)4-1-5-17(19)28-20/h1,4-9,15H,2-3,10-12H2. The number of benzene rings is 2. The topological polar surface area (TPSA) is 51.7 Å². The van der Waals surface area contributed by atoms with Gasteiger partial charge in [-0.05, 0) is 49.2 Å². The summed E-state index contributed by atoms with van der Waals surface area (Å²) in [6.45, 7) is 1.07. The van der Waals surface area contributed by atoms with Crippen LogP contribution >= 0.6 is 34.5 Å². The summed E-state index contributed by atoms with van der Waals surface area (Å²) in [5.41, 5.74) is 0.702. The Bertz CT molecular complexity index is 971. The van der Waals surface area contributed by atoms with Gasteiger partial charge in [-0.1, -0.05) is 40.6 Å². The van der Waals surface area contributed by atoms with Crippen LogP contribution < -0.4 is 9.64 Å². The van der Waals surface area contributed by atoms with Crippen molar-refractivity contribution in [3.05, 3.63) is 52.5 Å². The molecule has 1 amide bonds. The van der Waals surface area contributed by atoms with Gasteiger partial charge in [0.15, 0.2) is 11.7 Å². The van der Waals surface area contributed by atoms with Crippen LogP contribution in [0, 0.1) is 0 Å². The highest BCUT2D eigenvalue weighted by Crippen LogP contribution is 2.33. The van der Waals surface area contributed by atoms with Crippen molar-refractivity contribution < 1.29 is 14.3 Å². The van der Waals surface area contributed by atoms with Gasteiger partial charge in [-0.15, -0.1) is 0 Å². The summed E-state index contributed by atoms with van der Waals surface area (Å²) in [4.78, 5) is 19.2. The highest BCUT2D eigenvalue weighted by Gasteiger charge is 2.26. The molecule has 4 rings (SSSR count). The van der Waals surface area contributed by atoms with Crippen molar-refractivity contribution in [2.45, 2.75) is 18.9 Å². The van der Waals surface area contributed by atoms with Gasteiger partial charge in [0.25, 0.3) is 5.91 Å². The first kappa shape index (κ1) is 19.5. The molecule has 0 aliphatic carbocycles. The first-order valence-electron chi connectivity index (χ1n) is 8.95. The molecule has 5 nitrogen and oxygen atoms in total. The summed E-state index contributed by atoms with van der Waals surface area (Å²) >= 11 is 13.6. The van der Waals surface area contributed by atoms with Crippen LogP contribution in [0.15, 0.2) is 42.5 Å². The molecule has 3 aromatic rings. The van der Waals surface area contributed by atoms with Crippen LogP contribution in [-0.4, -0.2) is 36.8 Å². The van der Waals surface area contributed by atoms with Crippen molar-refractivity contribution >= 4 is 55.8 Å². The molecular formula is C20H18Cl2N2O3S. The van der Waals surface area contributed by atoms with Gasteiger partial charge < -0.3 is 9.47 Å². The number of anilines is 1. The third-order valence-electron chi connectivity index (χ3n) is 4.48. The summed E-state index contributed by atoms with van der Waals surface area (Å²) in [6, 6.07) is 12.5. The van der Waals surface area contributed by atoms with E-state index in [-0.39, 0.29) is 18.6 Å². The van der Waals surface area contributed by atoms with Gasteiger partial charge in [0.2, 0.25) is 0 Å². The van der Waals surface area contributed by atoms with Crippen molar-refractivity contribution in [3.63, 3.8) is 0 Å². The molecule has 1 saturated heterocycles. The van der Waals surface area contributed by atoms with Crippen molar-refractivity contribution in [1.29, 1.82) is 0 Å². The lowest BCUT2D eigenvalue weighted by atomic mass is 10.2. The molecule has 0 N–H and O–H groups in total. The van der Waals surface area contributed by atoms with Gasteiger partial charge >= 0.3 is 0 Å². The van der Waals surface area contributed by atoms with Crippen LogP contribution in [0.5, 0.6) is 5.75 Å². The zero-order valence-corrected chi connectivity index (χ0v) is 17.3. The predicted octanol–water partition coefficient (Wildman–Crippen LogP) is 5.19. The smallest absolute Gasteiger partial charge is 0.266 e. The molecule has 1 aliphatic rings. The van der Waals surface area contributed by atoms with E-state index >= 15 is 0 Å². The van der Waals surface area contributed by atoms with Gasteiger partial charge in [-0.3, -0.25) is 9.69 Å². The highest BCUT2D eigenvalue weighted by atomic mass is 35.5. The van der Waals surface area contributed by atoms with E-state index < -0.39 is 0 Å². The Balaban J connectivity index is 1.55. The van der Waals surface area contributed by atoms with Crippen LogP contribution in [0.4, 0.5) is 5.13 Å². The second-order valence-corrected chi connectivity index (χ2v) is 8.32. The lowest BCUT2D eigenvalue weighted by molar-refractivity contribution is -0.120. The molecule has 0 radical (unpaired) electrons. The average molecular weight is 437 g/mol. The molecule has 28 heavy (non-hydrogen) atoms. The monoisotopic (exact) mass is 436 g/mol. The van der Waals surface area contributed by atoms with Crippen molar-refractivity contribution in [3.8, 4) is 5.75 Å². The van der Waals surface area contributed by atoms with Gasteiger partial charge in [-0.2, -0.15) is 0 Å². The molecule has 0 saturated carbocycles. The summed E-state index contributed by atoms with van der Waals surface area (Å²) in [5.74, 6) is 0.405.